The summed E-state index contributed by atoms with van der Waals surface area (Å²) in [5, 5.41) is 32.5. The summed E-state index contributed by atoms with van der Waals surface area (Å²) in [7, 11) is 0. The van der Waals surface area contributed by atoms with Crippen LogP contribution >= 0.6 is 12.6 Å². The van der Waals surface area contributed by atoms with Crippen LogP contribution in [0.25, 0.3) is 16.7 Å². The number of aliphatic hydroxyl groups is 1. The summed E-state index contributed by atoms with van der Waals surface area (Å²) >= 11 is 4.09. The number of benzene rings is 3. The molecule has 12 heteroatoms. The normalized spacial score (nSPS) is 16.5. The highest BCUT2D eigenvalue weighted by atomic mass is 32.1. The van der Waals surface area contributed by atoms with Crippen LogP contribution in [-0.2, 0) is 4.79 Å². The SMILES string of the molecule is CC1(CO)CN(c2ccccc2)NC1=O.Sc1nnnn1-c1ccccc1.c1ccc2[nH]nnc2c1. The summed E-state index contributed by atoms with van der Waals surface area (Å²) in [6.45, 7) is 2.11. The average molecular weight is 504 g/mol. The second-order valence-electron chi connectivity index (χ2n) is 8.14. The van der Waals surface area contributed by atoms with Gasteiger partial charge in [0.05, 0.1) is 35.5 Å². The van der Waals surface area contributed by atoms with Crippen molar-refractivity contribution in [3.8, 4) is 5.69 Å². The zero-order chi connectivity index (χ0) is 25.4. The molecule has 1 aliphatic rings. The highest BCUT2D eigenvalue weighted by molar-refractivity contribution is 7.80. The minimum Gasteiger partial charge on any atom is -0.395 e. The molecule has 0 saturated carbocycles. The predicted molar refractivity (Wildman–Crippen MR) is 137 cm³/mol. The fourth-order valence-corrected chi connectivity index (χ4v) is 3.51. The molecule has 11 nitrogen and oxygen atoms in total. The van der Waals surface area contributed by atoms with Gasteiger partial charge in [-0.25, -0.2) is 0 Å². The number of carbonyl (C=O) groups is 1. The molecule has 5 aromatic rings. The van der Waals surface area contributed by atoms with Crippen LogP contribution < -0.4 is 10.4 Å². The number of nitrogens with zero attached hydrogens (tertiary/aromatic N) is 7. The summed E-state index contributed by atoms with van der Waals surface area (Å²) in [5.41, 5.74) is 5.79. The van der Waals surface area contributed by atoms with E-state index in [0.717, 1.165) is 22.4 Å². The van der Waals surface area contributed by atoms with Gasteiger partial charge >= 0.3 is 0 Å². The Labute approximate surface area is 212 Å². The van der Waals surface area contributed by atoms with Gasteiger partial charge in [0.25, 0.3) is 0 Å². The van der Waals surface area contributed by atoms with Crippen molar-refractivity contribution in [3.63, 3.8) is 0 Å². The van der Waals surface area contributed by atoms with Gasteiger partial charge in [0, 0.05) is 0 Å². The number of fused-ring (bicyclic) bond motifs is 1. The molecule has 1 fully saturated rings. The number of para-hydroxylation sites is 3. The number of carbonyl (C=O) groups excluding carboxylic acids is 1. The molecule has 36 heavy (non-hydrogen) atoms. The van der Waals surface area contributed by atoms with E-state index in [1.54, 1.807) is 16.6 Å². The topological polar surface area (TPSA) is 138 Å². The predicted octanol–water partition coefficient (Wildman–Crippen LogP) is 2.45. The Hall–Kier alpha value is -4.29. The summed E-state index contributed by atoms with van der Waals surface area (Å²) in [6.07, 6.45) is 0. The summed E-state index contributed by atoms with van der Waals surface area (Å²) in [4.78, 5) is 11.6. The number of aromatic amines is 1. The maximum absolute atomic E-state index is 11.6. The number of H-pyrrole nitrogens is 1. The monoisotopic (exact) mass is 503 g/mol. The van der Waals surface area contributed by atoms with Crippen molar-refractivity contribution < 1.29 is 9.90 Å². The van der Waals surface area contributed by atoms with Gasteiger partial charge in [0.2, 0.25) is 11.1 Å². The van der Waals surface area contributed by atoms with Gasteiger partial charge in [0.1, 0.15) is 5.52 Å². The van der Waals surface area contributed by atoms with Gasteiger partial charge in [-0.3, -0.25) is 20.3 Å². The first kappa shape index (κ1) is 24.8. The smallest absolute Gasteiger partial charge is 0.248 e. The number of aliphatic hydroxyl groups excluding tert-OH is 1. The number of aromatic nitrogens is 7. The molecule has 3 aromatic carbocycles. The molecule has 0 radical (unpaired) electrons. The number of amides is 1. The molecule has 6 rings (SSSR count). The number of tetrazole rings is 1. The zero-order valence-corrected chi connectivity index (χ0v) is 20.3. The van der Waals surface area contributed by atoms with Gasteiger partial charge in [-0.05, 0) is 53.7 Å². The standard InChI is InChI=1S/C11H14N2O2.C7H6N4S.C6H5N3/c1-11(8-14)7-13(12-10(11)15)9-5-3-2-4-6-9;12-7-8-9-10-11(7)6-4-2-1-3-5-6;1-2-4-6-5(3-1)7-9-8-6/h2-6,14H,7-8H2,1H3,(H,12,15);1-5H,(H,8,10,12);1-4H,(H,7,8,9). The third-order valence-corrected chi connectivity index (χ3v) is 5.67. The lowest BCUT2D eigenvalue weighted by molar-refractivity contribution is -0.128. The largest absolute Gasteiger partial charge is 0.395 e. The van der Waals surface area contributed by atoms with Crippen molar-refractivity contribution >= 4 is 35.3 Å². The van der Waals surface area contributed by atoms with Crippen LogP contribution in [0, 0.1) is 5.41 Å². The van der Waals surface area contributed by atoms with E-state index in [1.165, 1.54) is 0 Å². The first-order valence-corrected chi connectivity index (χ1v) is 11.5. The van der Waals surface area contributed by atoms with Crippen LogP contribution in [0.1, 0.15) is 6.92 Å². The quantitative estimate of drug-likeness (QED) is 0.276. The van der Waals surface area contributed by atoms with Gasteiger partial charge in [-0.2, -0.15) is 4.68 Å². The fourth-order valence-electron chi connectivity index (χ4n) is 3.31. The van der Waals surface area contributed by atoms with Gasteiger partial charge in [-0.15, -0.1) is 22.8 Å². The molecule has 0 aliphatic carbocycles. The van der Waals surface area contributed by atoms with Crippen molar-refractivity contribution in [2.24, 2.45) is 5.41 Å². The Balaban J connectivity index is 0.000000131. The molecule has 1 saturated heterocycles. The lowest BCUT2D eigenvalue weighted by atomic mass is 9.92. The van der Waals surface area contributed by atoms with E-state index < -0.39 is 5.41 Å². The first-order chi connectivity index (χ1) is 17.5. The summed E-state index contributed by atoms with van der Waals surface area (Å²) in [6, 6.07) is 26.9. The molecule has 1 aliphatic heterocycles. The third kappa shape index (κ3) is 5.85. The molecular weight excluding hydrogens is 478 g/mol. The van der Waals surface area contributed by atoms with Gasteiger partial charge in [-0.1, -0.05) is 53.7 Å². The van der Waals surface area contributed by atoms with E-state index >= 15 is 0 Å². The Kier molecular flexibility index (Phi) is 7.88. The number of nitrogens with one attached hydrogen (secondary N) is 2. The molecule has 1 atom stereocenters. The molecule has 184 valence electrons. The maximum Gasteiger partial charge on any atom is 0.248 e. The molecule has 0 spiro atoms. The Morgan fingerprint density at radius 2 is 1.58 bits per heavy atom. The van der Waals surface area contributed by atoms with Crippen molar-refractivity contribution in [2.75, 3.05) is 18.2 Å². The van der Waals surface area contributed by atoms with E-state index in [9.17, 15) is 9.90 Å². The lowest BCUT2D eigenvalue weighted by Gasteiger charge is -2.19. The zero-order valence-electron chi connectivity index (χ0n) is 19.4. The van der Waals surface area contributed by atoms with E-state index in [2.05, 4.69) is 49.0 Å². The number of hydrogen-bond donors (Lipinski definition) is 4. The highest BCUT2D eigenvalue weighted by Crippen LogP contribution is 2.26. The van der Waals surface area contributed by atoms with E-state index in [4.69, 9.17) is 0 Å². The minimum absolute atomic E-state index is 0.131. The van der Waals surface area contributed by atoms with Crippen molar-refractivity contribution in [2.45, 2.75) is 12.1 Å². The lowest BCUT2D eigenvalue weighted by Crippen LogP contribution is -2.34. The molecule has 1 unspecified atom stereocenters. The highest BCUT2D eigenvalue weighted by Gasteiger charge is 2.41. The number of rotatable bonds is 3. The number of anilines is 1. The second kappa shape index (κ2) is 11.4. The molecule has 0 bridgehead atoms. The Morgan fingerprint density at radius 3 is 2.17 bits per heavy atom. The fraction of sp³-hybridized carbons (Fsp3) is 0.167. The Morgan fingerprint density at radius 1 is 0.944 bits per heavy atom. The van der Waals surface area contributed by atoms with E-state index in [-0.39, 0.29) is 12.5 Å². The summed E-state index contributed by atoms with van der Waals surface area (Å²) < 4.78 is 1.56. The molecule has 3 N–H and O–H groups in total. The second-order valence-corrected chi connectivity index (χ2v) is 8.54. The van der Waals surface area contributed by atoms with Crippen molar-refractivity contribution in [1.29, 1.82) is 0 Å². The number of hydrazine groups is 1. The van der Waals surface area contributed by atoms with Crippen LogP contribution in [0.5, 0.6) is 0 Å². The van der Waals surface area contributed by atoms with E-state index in [0.29, 0.717) is 11.7 Å². The third-order valence-electron chi connectivity index (χ3n) is 5.39. The first-order valence-electron chi connectivity index (χ1n) is 11.0. The molecule has 1 amide bonds. The molecule has 2 aromatic heterocycles. The Bertz CT molecular complexity index is 1360. The molecule has 3 heterocycles. The van der Waals surface area contributed by atoms with Crippen molar-refractivity contribution in [1.82, 2.24) is 41.0 Å². The summed E-state index contributed by atoms with van der Waals surface area (Å²) in [5.74, 6) is -0.131. The number of thiol groups is 1. The van der Waals surface area contributed by atoms with Crippen LogP contribution in [0.15, 0.2) is 90.1 Å². The van der Waals surface area contributed by atoms with Gasteiger partial charge in [0.15, 0.2) is 0 Å². The van der Waals surface area contributed by atoms with Crippen LogP contribution in [0.4, 0.5) is 5.69 Å². The maximum atomic E-state index is 11.6. The van der Waals surface area contributed by atoms with Crippen LogP contribution in [-0.4, -0.2) is 59.8 Å². The average Bonchev–Trinajstić information content (AvgIpc) is 3.65. The minimum atomic E-state index is -0.699. The van der Waals surface area contributed by atoms with Crippen molar-refractivity contribution in [3.05, 3.63) is 84.9 Å². The van der Waals surface area contributed by atoms with E-state index in [1.807, 2.05) is 84.9 Å². The molecular formula is C24H25N9O2S. The van der Waals surface area contributed by atoms with Gasteiger partial charge < -0.3 is 5.11 Å². The van der Waals surface area contributed by atoms with Crippen LogP contribution in [0.2, 0.25) is 0 Å². The van der Waals surface area contributed by atoms with Crippen LogP contribution in [0.3, 0.4) is 0 Å². The number of hydrogen-bond acceptors (Lipinski definition) is 9.